The molecule has 0 bridgehead atoms. The number of thiazole rings is 1. The number of carbonyl (C=O) groups is 1. The summed E-state index contributed by atoms with van der Waals surface area (Å²) in [5, 5.41) is 1.92. The Morgan fingerprint density at radius 2 is 1.89 bits per heavy atom. The summed E-state index contributed by atoms with van der Waals surface area (Å²) in [6.45, 7) is 2.18. The predicted molar refractivity (Wildman–Crippen MR) is 144 cm³/mol. The highest BCUT2D eigenvalue weighted by atomic mass is 32.1. The number of ether oxygens (including phenoxy) is 3. The van der Waals surface area contributed by atoms with Crippen LogP contribution >= 0.6 is 22.7 Å². The SMILES string of the molecule is COC(=O)C1=C(C)N=c2s/c(=C\c3ccc(OCc4ccccc4)c(OC)c3)c(=O)n2[C@H]1c1cccs1. The Bertz CT molecular complexity index is 1650. The van der Waals surface area contributed by atoms with Gasteiger partial charge in [-0.25, -0.2) is 9.79 Å². The highest BCUT2D eigenvalue weighted by Crippen LogP contribution is 2.33. The van der Waals surface area contributed by atoms with Crippen molar-refractivity contribution < 1.29 is 19.0 Å². The molecule has 2 aromatic carbocycles. The van der Waals surface area contributed by atoms with Crippen LogP contribution in [0.25, 0.3) is 6.08 Å². The van der Waals surface area contributed by atoms with Crippen molar-refractivity contribution in [3.63, 3.8) is 0 Å². The van der Waals surface area contributed by atoms with E-state index < -0.39 is 12.0 Å². The molecule has 0 N–H and O–H groups in total. The number of methoxy groups -OCH3 is 2. The summed E-state index contributed by atoms with van der Waals surface area (Å²) in [5.41, 5.74) is 2.52. The molecule has 4 aromatic rings. The average molecular weight is 533 g/mol. The number of esters is 1. The molecule has 2 aromatic heterocycles. The second kappa shape index (κ2) is 10.6. The van der Waals surface area contributed by atoms with Gasteiger partial charge in [-0.15, -0.1) is 11.3 Å². The molecule has 37 heavy (non-hydrogen) atoms. The standard InChI is InChI=1S/C28H24N2O5S2/c1-17-24(27(32)34-3)25(22-10-7-13-36-22)30-26(31)23(37-28(30)29-17)15-19-11-12-20(21(14-19)33-2)35-16-18-8-5-4-6-9-18/h4-15,25H,16H2,1-3H3/b23-15-/t25-/m0/s1. The van der Waals surface area contributed by atoms with Gasteiger partial charge >= 0.3 is 5.97 Å². The molecule has 5 rings (SSSR count). The van der Waals surface area contributed by atoms with Crippen LogP contribution in [0, 0.1) is 0 Å². The van der Waals surface area contributed by atoms with Gasteiger partial charge in [-0.1, -0.05) is 53.8 Å². The third kappa shape index (κ3) is 4.87. The quantitative estimate of drug-likeness (QED) is 0.336. The molecule has 0 saturated heterocycles. The van der Waals surface area contributed by atoms with E-state index in [4.69, 9.17) is 14.2 Å². The fourth-order valence-corrected chi connectivity index (χ4v) is 6.06. The van der Waals surface area contributed by atoms with Crippen molar-refractivity contribution in [3.8, 4) is 11.5 Å². The number of aromatic nitrogens is 1. The van der Waals surface area contributed by atoms with Gasteiger partial charge in [0, 0.05) is 4.88 Å². The van der Waals surface area contributed by atoms with Gasteiger partial charge in [0.2, 0.25) is 0 Å². The fourth-order valence-electron chi connectivity index (χ4n) is 4.19. The number of rotatable bonds is 7. The Hall–Kier alpha value is -3.95. The predicted octanol–water partition coefficient (Wildman–Crippen LogP) is 4.06. The van der Waals surface area contributed by atoms with E-state index in [2.05, 4.69) is 4.99 Å². The maximum atomic E-state index is 13.6. The van der Waals surface area contributed by atoms with E-state index >= 15 is 0 Å². The molecule has 7 nitrogen and oxygen atoms in total. The summed E-state index contributed by atoms with van der Waals surface area (Å²) in [6.07, 6.45) is 1.80. The van der Waals surface area contributed by atoms with Crippen LogP contribution in [0.4, 0.5) is 0 Å². The van der Waals surface area contributed by atoms with Crippen molar-refractivity contribution in [2.24, 2.45) is 4.99 Å². The van der Waals surface area contributed by atoms with E-state index in [1.807, 2.05) is 66.0 Å². The van der Waals surface area contributed by atoms with Crippen LogP contribution in [0.3, 0.4) is 0 Å². The summed E-state index contributed by atoms with van der Waals surface area (Å²) in [4.78, 5) is 32.3. The summed E-state index contributed by atoms with van der Waals surface area (Å²) in [7, 11) is 2.92. The topological polar surface area (TPSA) is 79.1 Å². The summed E-state index contributed by atoms with van der Waals surface area (Å²) in [6, 6.07) is 18.6. The number of nitrogens with zero attached hydrogens (tertiary/aromatic N) is 2. The largest absolute Gasteiger partial charge is 0.493 e. The van der Waals surface area contributed by atoms with Gasteiger partial charge in [-0.2, -0.15) is 0 Å². The second-order valence-corrected chi connectivity index (χ2v) is 10.3. The van der Waals surface area contributed by atoms with Gasteiger partial charge < -0.3 is 14.2 Å². The first-order valence-corrected chi connectivity index (χ1v) is 13.2. The Morgan fingerprint density at radius 1 is 1.08 bits per heavy atom. The lowest BCUT2D eigenvalue weighted by molar-refractivity contribution is -0.136. The van der Waals surface area contributed by atoms with E-state index in [-0.39, 0.29) is 5.56 Å². The van der Waals surface area contributed by atoms with Crippen molar-refractivity contribution in [1.82, 2.24) is 4.57 Å². The van der Waals surface area contributed by atoms with Crippen molar-refractivity contribution in [2.45, 2.75) is 19.6 Å². The molecule has 1 aliphatic heterocycles. The van der Waals surface area contributed by atoms with Crippen LogP contribution in [0.5, 0.6) is 11.5 Å². The van der Waals surface area contributed by atoms with E-state index in [0.29, 0.717) is 38.7 Å². The minimum atomic E-state index is -0.589. The van der Waals surface area contributed by atoms with Crippen molar-refractivity contribution >= 4 is 34.7 Å². The summed E-state index contributed by atoms with van der Waals surface area (Å²) in [5.74, 6) is 0.684. The van der Waals surface area contributed by atoms with E-state index in [1.165, 1.54) is 29.8 Å². The van der Waals surface area contributed by atoms with Crippen LogP contribution in [0.1, 0.15) is 29.0 Å². The number of carbonyl (C=O) groups excluding carboxylic acids is 1. The normalized spacial score (nSPS) is 15.2. The molecule has 1 aliphatic rings. The Kier molecular flexibility index (Phi) is 7.07. The lowest BCUT2D eigenvalue weighted by Gasteiger charge is -2.22. The van der Waals surface area contributed by atoms with Gasteiger partial charge in [0.25, 0.3) is 5.56 Å². The minimum absolute atomic E-state index is 0.223. The monoisotopic (exact) mass is 532 g/mol. The number of fused-ring (bicyclic) bond motifs is 1. The Labute approximate surface area is 221 Å². The average Bonchev–Trinajstić information content (AvgIpc) is 3.55. The fraction of sp³-hybridized carbons (Fsp3) is 0.179. The van der Waals surface area contributed by atoms with E-state index in [9.17, 15) is 9.59 Å². The zero-order chi connectivity index (χ0) is 25.9. The molecule has 188 valence electrons. The molecule has 9 heteroatoms. The van der Waals surface area contributed by atoms with Gasteiger partial charge in [0.05, 0.1) is 30.0 Å². The number of hydrogen-bond donors (Lipinski definition) is 0. The molecule has 0 amide bonds. The van der Waals surface area contributed by atoms with Gasteiger partial charge in [0.15, 0.2) is 16.3 Å². The van der Waals surface area contributed by atoms with Crippen molar-refractivity contribution in [2.75, 3.05) is 14.2 Å². The summed E-state index contributed by atoms with van der Waals surface area (Å²) < 4.78 is 18.6. The molecular formula is C28H24N2O5S2. The highest BCUT2D eigenvalue weighted by molar-refractivity contribution is 7.10. The Balaban J connectivity index is 1.53. The number of benzene rings is 2. The molecular weight excluding hydrogens is 508 g/mol. The number of allylic oxidation sites excluding steroid dienone is 1. The van der Waals surface area contributed by atoms with Crippen LogP contribution in [0.2, 0.25) is 0 Å². The lowest BCUT2D eigenvalue weighted by Crippen LogP contribution is -2.39. The third-order valence-corrected chi connectivity index (χ3v) is 7.87. The maximum absolute atomic E-state index is 13.6. The molecule has 1 atom stereocenters. The lowest BCUT2D eigenvalue weighted by atomic mass is 10.0. The van der Waals surface area contributed by atoms with E-state index in [0.717, 1.165) is 16.0 Å². The van der Waals surface area contributed by atoms with Crippen molar-refractivity contribution in [1.29, 1.82) is 0 Å². The first-order valence-electron chi connectivity index (χ1n) is 11.5. The van der Waals surface area contributed by atoms with Gasteiger partial charge in [-0.05, 0) is 47.7 Å². The van der Waals surface area contributed by atoms with E-state index in [1.54, 1.807) is 24.7 Å². The highest BCUT2D eigenvalue weighted by Gasteiger charge is 2.33. The number of hydrogen-bond acceptors (Lipinski definition) is 8. The molecule has 0 aliphatic carbocycles. The van der Waals surface area contributed by atoms with Crippen molar-refractivity contribution in [3.05, 3.63) is 113 Å². The van der Waals surface area contributed by atoms with Crippen LogP contribution in [-0.4, -0.2) is 24.8 Å². The molecule has 0 fully saturated rings. The minimum Gasteiger partial charge on any atom is -0.493 e. The van der Waals surface area contributed by atoms with Crippen LogP contribution < -0.4 is 24.4 Å². The van der Waals surface area contributed by atoms with Gasteiger partial charge in [-0.3, -0.25) is 9.36 Å². The Morgan fingerprint density at radius 3 is 2.59 bits per heavy atom. The zero-order valence-electron chi connectivity index (χ0n) is 20.5. The summed E-state index contributed by atoms with van der Waals surface area (Å²) >= 11 is 2.76. The molecule has 0 unspecified atom stereocenters. The molecule has 0 saturated carbocycles. The van der Waals surface area contributed by atoms with Crippen LogP contribution in [-0.2, 0) is 16.1 Å². The third-order valence-electron chi connectivity index (χ3n) is 5.96. The molecule has 3 heterocycles. The first-order chi connectivity index (χ1) is 18.0. The first kappa shape index (κ1) is 24.7. The van der Waals surface area contributed by atoms with Gasteiger partial charge in [0.1, 0.15) is 12.6 Å². The number of thiophene rings is 1. The molecule has 0 spiro atoms. The maximum Gasteiger partial charge on any atom is 0.338 e. The molecule has 0 radical (unpaired) electrons. The smallest absolute Gasteiger partial charge is 0.338 e. The second-order valence-electron chi connectivity index (χ2n) is 8.27. The van der Waals surface area contributed by atoms with Crippen LogP contribution in [0.15, 0.2) is 87.1 Å². The zero-order valence-corrected chi connectivity index (χ0v) is 22.1.